The lowest BCUT2D eigenvalue weighted by Gasteiger charge is -2.11. The fourth-order valence-corrected chi connectivity index (χ4v) is 2.07. The van der Waals surface area contributed by atoms with Gasteiger partial charge in [-0.3, -0.25) is 4.57 Å². The molecule has 96 valence electrons. The summed E-state index contributed by atoms with van der Waals surface area (Å²) in [4.78, 5) is 11.9. The minimum Gasteiger partial charge on any atom is -0.364 e. The second kappa shape index (κ2) is 4.45. The number of nitrogens with zero attached hydrogens (tertiary/aromatic N) is 4. The van der Waals surface area contributed by atoms with Crippen LogP contribution in [0.5, 0.6) is 0 Å². The Labute approximate surface area is 101 Å². The number of imidazole rings is 1. The molecule has 2 aromatic heterocycles. The molecule has 1 aliphatic rings. The number of aromatic nitrogens is 4. The summed E-state index contributed by atoms with van der Waals surface area (Å²) in [5, 5.41) is 6.41. The second-order valence-electron chi connectivity index (χ2n) is 4.16. The minimum absolute atomic E-state index is 0.147. The molecule has 0 bridgehead atoms. The molecule has 1 atom stereocenters. The van der Waals surface area contributed by atoms with Crippen molar-refractivity contribution in [2.45, 2.75) is 19.0 Å². The molecule has 6 nitrogen and oxygen atoms in total. The van der Waals surface area contributed by atoms with Crippen LogP contribution in [0.25, 0.3) is 11.2 Å². The molecule has 8 heteroatoms. The van der Waals surface area contributed by atoms with Gasteiger partial charge in [0.25, 0.3) is 0 Å². The van der Waals surface area contributed by atoms with Crippen LogP contribution in [0.3, 0.4) is 0 Å². The first-order valence-electron chi connectivity index (χ1n) is 5.68. The first-order chi connectivity index (χ1) is 8.75. The van der Waals surface area contributed by atoms with Gasteiger partial charge in [0, 0.05) is 12.6 Å². The fourth-order valence-electron chi connectivity index (χ4n) is 2.07. The van der Waals surface area contributed by atoms with Crippen LogP contribution in [0.1, 0.15) is 13.0 Å². The molecule has 3 rings (SSSR count). The SMILES string of the molecule is FC(F)n1cnc2c(N[C@H]3CCNC3)ncnc21. The smallest absolute Gasteiger partial charge is 0.321 e. The number of alkyl halides is 2. The van der Waals surface area contributed by atoms with Crippen molar-refractivity contribution in [3.05, 3.63) is 12.7 Å². The van der Waals surface area contributed by atoms with Crippen LogP contribution in [-0.2, 0) is 0 Å². The molecule has 3 heterocycles. The summed E-state index contributed by atoms with van der Waals surface area (Å²) in [5.41, 5.74) is 0.526. The molecule has 0 spiro atoms. The average Bonchev–Trinajstić information content (AvgIpc) is 2.97. The summed E-state index contributed by atoms with van der Waals surface area (Å²) in [6.07, 6.45) is 3.33. The van der Waals surface area contributed by atoms with Crippen molar-refractivity contribution < 1.29 is 8.78 Å². The summed E-state index contributed by atoms with van der Waals surface area (Å²) < 4.78 is 26.1. The first kappa shape index (κ1) is 11.3. The molecule has 1 fully saturated rings. The highest BCUT2D eigenvalue weighted by Crippen LogP contribution is 2.22. The number of hydrogen-bond acceptors (Lipinski definition) is 5. The molecule has 0 amide bonds. The van der Waals surface area contributed by atoms with Crippen LogP contribution in [0.15, 0.2) is 12.7 Å². The van der Waals surface area contributed by atoms with E-state index in [1.165, 1.54) is 6.33 Å². The highest BCUT2D eigenvalue weighted by Gasteiger charge is 2.19. The van der Waals surface area contributed by atoms with Crippen LogP contribution in [0, 0.1) is 0 Å². The van der Waals surface area contributed by atoms with Crippen molar-refractivity contribution in [2.75, 3.05) is 18.4 Å². The molecule has 0 unspecified atom stereocenters. The standard InChI is InChI=1S/C10H12F2N6/c11-10(12)18-5-16-7-8(14-4-15-9(7)18)17-6-1-2-13-3-6/h4-6,10,13H,1-3H2,(H,14,15,17)/t6-/m0/s1. The van der Waals surface area contributed by atoms with E-state index in [1.54, 1.807) is 0 Å². The Balaban J connectivity index is 1.96. The molecule has 0 aliphatic carbocycles. The molecule has 0 aromatic carbocycles. The van der Waals surface area contributed by atoms with Gasteiger partial charge in [0.05, 0.1) is 0 Å². The van der Waals surface area contributed by atoms with Crippen LogP contribution in [0.2, 0.25) is 0 Å². The number of anilines is 1. The lowest BCUT2D eigenvalue weighted by atomic mass is 10.2. The average molecular weight is 254 g/mol. The van der Waals surface area contributed by atoms with E-state index in [0.29, 0.717) is 11.3 Å². The van der Waals surface area contributed by atoms with E-state index >= 15 is 0 Å². The third-order valence-corrected chi connectivity index (χ3v) is 2.97. The number of hydrogen-bond donors (Lipinski definition) is 2. The molecule has 1 saturated heterocycles. The largest absolute Gasteiger partial charge is 0.364 e. The summed E-state index contributed by atoms with van der Waals surface area (Å²) in [5.74, 6) is 0.508. The van der Waals surface area contributed by atoms with Crippen molar-refractivity contribution in [3.8, 4) is 0 Å². The van der Waals surface area contributed by atoms with Crippen LogP contribution >= 0.6 is 0 Å². The molecular formula is C10H12F2N6. The number of fused-ring (bicyclic) bond motifs is 1. The van der Waals surface area contributed by atoms with E-state index in [1.807, 2.05) is 0 Å². The third kappa shape index (κ3) is 1.88. The second-order valence-corrected chi connectivity index (χ2v) is 4.16. The van der Waals surface area contributed by atoms with E-state index < -0.39 is 6.55 Å². The van der Waals surface area contributed by atoms with Crippen molar-refractivity contribution in [1.29, 1.82) is 0 Å². The predicted octanol–water partition coefficient (Wildman–Crippen LogP) is 0.995. The van der Waals surface area contributed by atoms with Gasteiger partial charge in [0.15, 0.2) is 17.0 Å². The van der Waals surface area contributed by atoms with E-state index in [2.05, 4.69) is 25.6 Å². The zero-order valence-electron chi connectivity index (χ0n) is 9.48. The van der Waals surface area contributed by atoms with Crippen molar-refractivity contribution in [3.63, 3.8) is 0 Å². The maximum Gasteiger partial charge on any atom is 0.321 e. The molecule has 18 heavy (non-hydrogen) atoms. The van der Waals surface area contributed by atoms with Gasteiger partial charge in [0.1, 0.15) is 12.7 Å². The lowest BCUT2D eigenvalue weighted by Crippen LogP contribution is -2.22. The van der Waals surface area contributed by atoms with Gasteiger partial charge < -0.3 is 10.6 Å². The minimum atomic E-state index is -2.65. The Morgan fingerprint density at radius 2 is 2.28 bits per heavy atom. The molecule has 2 aromatic rings. The van der Waals surface area contributed by atoms with Gasteiger partial charge in [-0.15, -0.1) is 0 Å². The quantitative estimate of drug-likeness (QED) is 0.855. The predicted molar refractivity (Wildman–Crippen MR) is 61.5 cm³/mol. The zero-order chi connectivity index (χ0) is 12.5. The van der Waals surface area contributed by atoms with Crippen molar-refractivity contribution in [1.82, 2.24) is 24.8 Å². The van der Waals surface area contributed by atoms with Crippen LogP contribution in [-0.4, -0.2) is 38.7 Å². The van der Waals surface area contributed by atoms with Gasteiger partial charge in [-0.25, -0.2) is 15.0 Å². The zero-order valence-corrected chi connectivity index (χ0v) is 9.48. The van der Waals surface area contributed by atoms with Crippen LogP contribution in [0.4, 0.5) is 14.6 Å². The van der Waals surface area contributed by atoms with Gasteiger partial charge in [0.2, 0.25) is 0 Å². The Morgan fingerprint density at radius 1 is 1.39 bits per heavy atom. The van der Waals surface area contributed by atoms with Gasteiger partial charge >= 0.3 is 6.55 Å². The maximum atomic E-state index is 12.7. The highest BCUT2D eigenvalue weighted by atomic mass is 19.3. The molecule has 1 aliphatic heterocycles. The Morgan fingerprint density at radius 3 is 3.00 bits per heavy atom. The van der Waals surface area contributed by atoms with Gasteiger partial charge in [-0.05, 0) is 13.0 Å². The highest BCUT2D eigenvalue weighted by molar-refractivity contribution is 5.82. The van der Waals surface area contributed by atoms with E-state index in [0.717, 1.165) is 30.4 Å². The maximum absolute atomic E-state index is 12.7. The normalized spacial score (nSPS) is 19.8. The lowest BCUT2D eigenvalue weighted by molar-refractivity contribution is 0.0740. The van der Waals surface area contributed by atoms with Crippen molar-refractivity contribution >= 4 is 17.0 Å². The Kier molecular flexibility index (Phi) is 2.78. The fraction of sp³-hybridized carbons (Fsp3) is 0.500. The summed E-state index contributed by atoms with van der Waals surface area (Å²) in [7, 11) is 0. The molecule has 2 N–H and O–H groups in total. The Bertz CT molecular complexity index is 548. The number of rotatable bonds is 3. The molecule has 0 radical (unpaired) electrons. The summed E-state index contributed by atoms with van der Waals surface area (Å²) >= 11 is 0. The number of nitrogens with one attached hydrogen (secondary N) is 2. The van der Waals surface area contributed by atoms with Crippen molar-refractivity contribution in [2.24, 2.45) is 0 Å². The number of halogens is 2. The monoisotopic (exact) mass is 254 g/mol. The first-order valence-corrected chi connectivity index (χ1v) is 5.68. The molecular weight excluding hydrogens is 242 g/mol. The van der Waals surface area contributed by atoms with Gasteiger partial charge in [-0.1, -0.05) is 0 Å². The van der Waals surface area contributed by atoms with E-state index in [9.17, 15) is 8.78 Å². The summed E-state index contributed by atoms with van der Waals surface area (Å²) in [6.45, 7) is -0.871. The van der Waals surface area contributed by atoms with Crippen LogP contribution < -0.4 is 10.6 Å². The third-order valence-electron chi connectivity index (χ3n) is 2.97. The topological polar surface area (TPSA) is 67.7 Å². The van der Waals surface area contributed by atoms with E-state index in [4.69, 9.17) is 0 Å². The van der Waals surface area contributed by atoms with E-state index in [-0.39, 0.29) is 11.7 Å². The van der Waals surface area contributed by atoms with Gasteiger partial charge in [-0.2, -0.15) is 8.78 Å². The molecule has 0 saturated carbocycles. The summed E-state index contributed by atoms with van der Waals surface area (Å²) in [6, 6.07) is 0.250. The Hall–Kier alpha value is -1.83.